The SMILES string of the molecule is CNC(=O)[C@H](C)[C](C)C. The van der Waals surface area contributed by atoms with Gasteiger partial charge in [-0.2, -0.15) is 0 Å². The highest BCUT2D eigenvalue weighted by Crippen LogP contribution is 2.10. The molecule has 0 aromatic carbocycles. The maximum atomic E-state index is 10.8. The summed E-state index contributed by atoms with van der Waals surface area (Å²) in [6.07, 6.45) is 0. The first kappa shape index (κ1) is 8.47. The third kappa shape index (κ3) is 2.49. The molecule has 1 atom stereocenters. The van der Waals surface area contributed by atoms with E-state index in [0.29, 0.717) is 0 Å². The summed E-state index contributed by atoms with van der Waals surface area (Å²) in [6.45, 7) is 5.81. The van der Waals surface area contributed by atoms with Crippen molar-refractivity contribution in [2.24, 2.45) is 5.92 Å². The fourth-order valence-corrected chi connectivity index (χ4v) is 0.479. The van der Waals surface area contributed by atoms with Crippen LogP contribution in [0.2, 0.25) is 0 Å². The molecule has 53 valence electrons. The van der Waals surface area contributed by atoms with Crippen LogP contribution >= 0.6 is 0 Å². The van der Waals surface area contributed by atoms with Crippen LogP contribution in [0.15, 0.2) is 0 Å². The second kappa shape index (κ2) is 3.49. The first-order valence-electron chi connectivity index (χ1n) is 3.11. The second-order valence-electron chi connectivity index (χ2n) is 2.41. The van der Waals surface area contributed by atoms with E-state index < -0.39 is 0 Å². The lowest BCUT2D eigenvalue weighted by molar-refractivity contribution is -0.123. The summed E-state index contributed by atoms with van der Waals surface area (Å²) < 4.78 is 0. The van der Waals surface area contributed by atoms with Crippen molar-refractivity contribution in [1.82, 2.24) is 5.32 Å². The Morgan fingerprint density at radius 3 is 2.00 bits per heavy atom. The lowest BCUT2D eigenvalue weighted by atomic mass is 9.98. The van der Waals surface area contributed by atoms with Gasteiger partial charge in [0.05, 0.1) is 0 Å². The third-order valence-electron chi connectivity index (χ3n) is 1.51. The van der Waals surface area contributed by atoms with Gasteiger partial charge in [0.15, 0.2) is 0 Å². The molecular formula is C7H14NO. The largest absolute Gasteiger partial charge is 0.359 e. The van der Waals surface area contributed by atoms with Crippen LogP contribution < -0.4 is 5.32 Å². The van der Waals surface area contributed by atoms with Gasteiger partial charge in [0.2, 0.25) is 5.91 Å². The second-order valence-corrected chi connectivity index (χ2v) is 2.41. The lowest BCUT2D eigenvalue weighted by Gasteiger charge is -2.11. The highest BCUT2D eigenvalue weighted by atomic mass is 16.1. The maximum Gasteiger partial charge on any atom is 0.223 e. The Morgan fingerprint density at radius 1 is 1.44 bits per heavy atom. The number of amides is 1. The molecule has 1 amide bonds. The Morgan fingerprint density at radius 2 is 1.89 bits per heavy atom. The number of hydrogen-bond acceptors (Lipinski definition) is 1. The van der Waals surface area contributed by atoms with Crippen molar-refractivity contribution in [3.8, 4) is 0 Å². The van der Waals surface area contributed by atoms with E-state index >= 15 is 0 Å². The van der Waals surface area contributed by atoms with E-state index in [1.54, 1.807) is 7.05 Å². The standard InChI is InChI=1S/C7H14NO/c1-5(2)6(3)7(9)8-4/h6H,1-4H3,(H,8,9)/t6-/m1/s1. The summed E-state index contributed by atoms with van der Waals surface area (Å²) in [6, 6.07) is 0. The Kier molecular flexibility index (Phi) is 3.28. The highest BCUT2D eigenvalue weighted by molar-refractivity contribution is 5.79. The molecule has 0 aliphatic rings. The Hall–Kier alpha value is -0.530. The average molecular weight is 128 g/mol. The van der Waals surface area contributed by atoms with Gasteiger partial charge in [-0.25, -0.2) is 0 Å². The Bertz CT molecular complexity index is 99.1. The topological polar surface area (TPSA) is 29.1 Å². The summed E-state index contributed by atoms with van der Waals surface area (Å²) in [4.78, 5) is 10.8. The van der Waals surface area contributed by atoms with Gasteiger partial charge in [-0.15, -0.1) is 0 Å². The van der Waals surface area contributed by atoms with E-state index in [0.717, 1.165) is 5.92 Å². The molecule has 0 spiro atoms. The molecular weight excluding hydrogens is 114 g/mol. The summed E-state index contributed by atoms with van der Waals surface area (Å²) >= 11 is 0. The zero-order chi connectivity index (χ0) is 7.44. The van der Waals surface area contributed by atoms with Crippen molar-refractivity contribution in [2.75, 3.05) is 7.05 Å². The van der Waals surface area contributed by atoms with Crippen LogP contribution in [0.5, 0.6) is 0 Å². The van der Waals surface area contributed by atoms with E-state index in [1.807, 2.05) is 20.8 Å². The fraction of sp³-hybridized carbons (Fsp3) is 0.714. The van der Waals surface area contributed by atoms with Crippen LogP contribution in [0, 0.1) is 11.8 Å². The van der Waals surface area contributed by atoms with Gasteiger partial charge < -0.3 is 5.32 Å². The highest BCUT2D eigenvalue weighted by Gasteiger charge is 2.14. The molecule has 2 nitrogen and oxygen atoms in total. The summed E-state index contributed by atoms with van der Waals surface area (Å²) in [5.41, 5.74) is 0. The maximum absolute atomic E-state index is 10.8. The van der Waals surface area contributed by atoms with Crippen molar-refractivity contribution in [2.45, 2.75) is 20.8 Å². The van der Waals surface area contributed by atoms with Gasteiger partial charge in [0.1, 0.15) is 0 Å². The molecule has 0 saturated heterocycles. The molecule has 1 N–H and O–H groups in total. The minimum atomic E-state index is 0.0509. The third-order valence-corrected chi connectivity index (χ3v) is 1.51. The zero-order valence-electron chi connectivity index (χ0n) is 6.49. The first-order valence-corrected chi connectivity index (χ1v) is 3.11. The minimum absolute atomic E-state index is 0.0509. The van der Waals surface area contributed by atoms with Gasteiger partial charge in [0.25, 0.3) is 0 Å². The molecule has 0 aromatic heterocycles. The van der Waals surface area contributed by atoms with Crippen LogP contribution in [0.1, 0.15) is 20.8 Å². The van der Waals surface area contributed by atoms with E-state index in [9.17, 15) is 4.79 Å². The van der Waals surface area contributed by atoms with Crippen LogP contribution in [-0.4, -0.2) is 13.0 Å². The summed E-state index contributed by atoms with van der Waals surface area (Å²) in [7, 11) is 1.65. The zero-order valence-corrected chi connectivity index (χ0v) is 6.49. The van der Waals surface area contributed by atoms with Crippen LogP contribution in [0.25, 0.3) is 0 Å². The van der Waals surface area contributed by atoms with Gasteiger partial charge in [0, 0.05) is 13.0 Å². The van der Waals surface area contributed by atoms with E-state index in [-0.39, 0.29) is 11.8 Å². The normalized spacial score (nSPS) is 13.4. The number of hydrogen-bond donors (Lipinski definition) is 1. The number of rotatable bonds is 2. The molecule has 0 aromatic rings. The molecule has 9 heavy (non-hydrogen) atoms. The molecule has 0 aliphatic heterocycles. The number of carbonyl (C=O) groups excluding carboxylic acids is 1. The van der Waals surface area contributed by atoms with E-state index in [1.165, 1.54) is 0 Å². The molecule has 0 bridgehead atoms. The van der Waals surface area contributed by atoms with Gasteiger partial charge >= 0.3 is 0 Å². The van der Waals surface area contributed by atoms with Crippen LogP contribution in [0.4, 0.5) is 0 Å². The summed E-state index contributed by atoms with van der Waals surface area (Å²) in [5, 5.41) is 2.59. The Balaban J connectivity index is 3.72. The molecule has 1 radical (unpaired) electrons. The number of carbonyl (C=O) groups is 1. The monoisotopic (exact) mass is 128 g/mol. The lowest BCUT2D eigenvalue weighted by Crippen LogP contribution is -2.27. The predicted molar refractivity (Wildman–Crippen MR) is 37.8 cm³/mol. The first-order chi connectivity index (χ1) is 4.09. The van der Waals surface area contributed by atoms with Gasteiger partial charge in [-0.1, -0.05) is 20.8 Å². The average Bonchev–Trinajstić information content (AvgIpc) is 1.84. The molecule has 0 aliphatic carbocycles. The molecule has 0 saturated carbocycles. The van der Waals surface area contributed by atoms with Gasteiger partial charge in [-0.3, -0.25) is 4.79 Å². The molecule has 2 heteroatoms. The molecule has 0 unspecified atom stereocenters. The molecule has 0 fully saturated rings. The molecule has 0 heterocycles. The van der Waals surface area contributed by atoms with Crippen molar-refractivity contribution in [3.05, 3.63) is 5.92 Å². The van der Waals surface area contributed by atoms with E-state index in [4.69, 9.17) is 0 Å². The van der Waals surface area contributed by atoms with Crippen molar-refractivity contribution >= 4 is 5.91 Å². The van der Waals surface area contributed by atoms with Crippen molar-refractivity contribution in [1.29, 1.82) is 0 Å². The predicted octanol–water partition coefficient (Wildman–Crippen LogP) is 0.983. The fourth-order valence-electron chi connectivity index (χ4n) is 0.479. The van der Waals surface area contributed by atoms with E-state index in [2.05, 4.69) is 5.32 Å². The van der Waals surface area contributed by atoms with Crippen molar-refractivity contribution < 1.29 is 4.79 Å². The van der Waals surface area contributed by atoms with Crippen LogP contribution in [-0.2, 0) is 4.79 Å². The molecule has 0 rings (SSSR count). The van der Waals surface area contributed by atoms with Crippen LogP contribution in [0.3, 0.4) is 0 Å². The number of nitrogens with one attached hydrogen (secondary N) is 1. The smallest absolute Gasteiger partial charge is 0.223 e. The Labute approximate surface area is 56.6 Å². The quantitative estimate of drug-likeness (QED) is 0.590. The van der Waals surface area contributed by atoms with Crippen molar-refractivity contribution in [3.63, 3.8) is 0 Å². The minimum Gasteiger partial charge on any atom is -0.359 e. The summed E-state index contributed by atoms with van der Waals surface area (Å²) in [5.74, 6) is 1.29. The van der Waals surface area contributed by atoms with Gasteiger partial charge in [-0.05, 0) is 5.92 Å².